The summed E-state index contributed by atoms with van der Waals surface area (Å²) >= 11 is 0. The highest BCUT2D eigenvalue weighted by Crippen LogP contribution is 2.20. The van der Waals surface area contributed by atoms with Crippen molar-refractivity contribution in [2.75, 3.05) is 6.54 Å². The molecule has 1 rings (SSSR count). The van der Waals surface area contributed by atoms with Gasteiger partial charge in [-0.15, -0.1) is 12.4 Å². The third-order valence-corrected chi connectivity index (χ3v) is 3.48. The van der Waals surface area contributed by atoms with Gasteiger partial charge in [-0.2, -0.15) is 0 Å². The van der Waals surface area contributed by atoms with Crippen molar-refractivity contribution in [2.45, 2.75) is 24.3 Å². The number of non-ortho nitro benzene ring substituents is 1. The van der Waals surface area contributed by atoms with Crippen molar-refractivity contribution in [3.05, 3.63) is 34.1 Å². The van der Waals surface area contributed by atoms with Crippen LogP contribution in [0.1, 0.15) is 13.8 Å². The molecule has 0 aliphatic carbocycles. The van der Waals surface area contributed by atoms with Crippen molar-refractivity contribution < 1.29 is 17.7 Å². The third kappa shape index (κ3) is 5.37. The second kappa shape index (κ2) is 6.44. The van der Waals surface area contributed by atoms with Crippen LogP contribution >= 0.6 is 12.4 Å². The molecule has 0 aliphatic rings. The maximum Gasteiger partial charge on any atom is 0.273 e. The Labute approximate surface area is 122 Å². The Bertz CT molecular complexity index is 601. The highest BCUT2D eigenvalue weighted by molar-refractivity contribution is 7.89. The zero-order chi connectivity index (χ0) is 14.8. The lowest BCUT2D eigenvalue weighted by atomic mass is 10.1. The summed E-state index contributed by atoms with van der Waals surface area (Å²) < 4.78 is 39.0. The van der Waals surface area contributed by atoms with Crippen molar-refractivity contribution in [1.82, 2.24) is 4.72 Å². The molecular weight excluding hydrogens is 313 g/mol. The smallest absolute Gasteiger partial charge is 0.273 e. The quantitative estimate of drug-likeness (QED) is 0.622. The Morgan fingerprint density at radius 2 is 1.95 bits per heavy atom. The van der Waals surface area contributed by atoms with Crippen LogP contribution in [0.3, 0.4) is 0 Å². The number of hydrogen-bond acceptors (Lipinski definition) is 5. The van der Waals surface area contributed by atoms with Gasteiger partial charge in [0.15, 0.2) is 0 Å². The molecule has 7 nitrogen and oxygen atoms in total. The molecule has 114 valence electrons. The zero-order valence-corrected chi connectivity index (χ0v) is 12.4. The van der Waals surface area contributed by atoms with E-state index in [1.54, 1.807) is 13.8 Å². The van der Waals surface area contributed by atoms with Gasteiger partial charge in [-0.1, -0.05) is 0 Å². The lowest BCUT2D eigenvalue weighted by molar-refractivity contribution is -0.385. The van der Waals surface area contributed by atoms with Gasteiger partial charge in [0.1, 0.15) is 5.82 Å². The number of rotatable bonds is 5. The molecule has 0 bridgehead atoms. The molecule has 3 N–H and O–H groups in total. The number of nitrogens with one attached hydrogen (secondary N) is 1. The molecule has 0 unspecified atom stereocenters. The maximum absolute atomic E-state index is 13.2. The Hall–Kier alpha value is -1.29. The van der Waals surface area contributed by atoms with Gasteiger partial charge in [0.05, 0.1) is 15.9 Å². The summed E-state index contributed by atoms with van der Waals surface area (Å²) in [5.74, 6) is -0.999. The van der Waals surface area contributed by atoms with E-state index in [0.29, 0.717) is 12.1 Å². The Morgan fingerprint density at radius 1 is 1.40 bits per heavy atom. The molecule has 0 atom stereocenters. The van der Waals surface area contributed by atoms with Gasteiger partial charge in [0.25, 0.3) is 5.69 Å². The molecule has 0 amide bonds. The SMILES string of the molecule is CC(C)(N)CNS(=O)(=O)c1cc(F)cc([N+](=O)[O-])c1.Cl. The number of hydrogen-bond donors (Lipinski definition) is 2. The van der Waals surface area contributed by atoms with Crippen LogP contribution in [0.25, 0.3) is 0 Å². The molecular formula is C10H15ClFN3O4S. The van der Waals surface area contributed by atoms with Gasteiger partial charge >= 0.3 is 0 Å². The molecule has 20 heavy (non-hydrogen) atoms. The van der Waals surface area contributed by atoms with Crippen LogP contribution in [0.15, 0.2) is 23.1 Å². The van der Waals surface area contributed by atoms with Crippen LogP contribution in [0.2, 0.25) is 0 Å². The number of nitrogens with two attached hydrogens (primary N) is 1. The van der Waals surface area contributed by atoms with Crippen LogP contribution in [0.5, 0.6) is 0 Å². The second-order valence-electron chi connectivity index (χ2n) is 4.72. The first-order valence-corrected chi connectivity index (χ1v) is 6.73. The Kier molecular flexibility index (Phi) is 6.02. The third-order valence-electron chi connectivity index (χ3n) is 2.09. The summed E-state index contributed by atoms with van der Waals surface area (Å²) in [6.45, 7) is 3.12. The number of nitrogens with zero attached hydrogens (tertiary/aromatic N) is 1. The molecule has 0 saturated heterocycles. The highest BCUT2D eigenvalue weighted by Gasteiger charge is 2.22. The topological polar surface area (TPSA) is 115 Å². The van der Waals surface area contributed by atoms with Gasteiger partial charge in [-0.05, 0) is 19.9 Å². The minimum atomic E-state index is -4.05. The summed E-state index contributed by atoms with van der Waals surface area (Å²) in [4.78, 5) is 9.18. The summed E-state index contributed by atoms with van der Waals surface area (Å²) in [5, 5.41) is 10.6. The van der Waals surface area contributed by atoms with Gasteiger partial charge in [-0.3, -0.25) is 10.1 Å². The fourth-order valence-corrected chi connectivity index (χ4v) is 2.45. The molecule has 0 radical (unpaired) electrons. The predicted octanol–water partition coefficient (Wildman–Crippen LogP) is 1.17. The van der Waals surface area contributed by atoms with Crippen LogP contribution in [-0.4, -0.2) is 25.4 Å². The minimum absolute atomic E-state index is 0. The van der Waals surface area contributed by atoms with Crippen LogP contribution in [0, 0.1) is 15.9 Å². The highest BCUT2D eigenvalue weighted by atomic mass is 35.5. The first kappa shape index (κ1) is 18.7. The Balaban J connectivity index is 0.00000361. The number of sulfonamides is 1. The lowest BCUT2D eigenvalue weighted by Gasteiger charge is -2.18. The fraction of sp³-hybridized carbons (Fsp3) is 0.400. The summed E-state index contributed by atoms with van der Waals surface area (Å²) in [7, 11) is -4.05. The van der Waals surface area contributed by atoms with Crippen LogP contribution in [-0.2, 0) is 10.0 Å². The number of benzene rings is 1. The van der Waals surface area contributed by atoms with Gasteiger partial charge in [0.2, 0.25) is 10.0 Å². The molecule has 1 aromatic carbocycles. The molecule has 10 heteroatoms. The molecule has 1 aromatic rings. The number of halogens is 2. The van der Waals surface area contributed by atoms with E-state index in [-0.39, 0.29) is 19.0 Å². The normalized spacial score (nSPS) is 11.8. The minimum Gasteiger partial charge on any atom is -0.324 e. The van der Waals surface area contributed by atoms with E-state index in [4.69, 9.17) is 5.73 Å². The summed E-state index contributed by atoms with van der Waals surface area (Å²) in [6, 6.07) is 2.14. The first-order chi connectivity index (χ1) is 8.51. The second-order valence-corrected chi connectivity index (χ2v) is 6.48. The van der Waals surface area contributed by atoms with E-state index in [1.807, 2.05) is 0 Å². The standard InChI is InChI=1S/C10H14FN3O4S.ClH/c1-10(2,12)6-13-19(17,18)9-4-7(11)3-8(5-9)14(15)16;/h3-5,13H,6,12H2,1-2H3;1H. The zero-order valence-electron chi connectivity index (χ0n) is 10.8. The van der Waals surface area contributed by atoms with Gasteiger partial charge < -0.3 is 5.73 Å². The van der Waals surface area contributed by atoms with Crippen molar-refractivity contribution in [3.63, 3.8) is 0 Å². The van der Waals surface area contributed by atoms with E-state index < -0.39 is 36.9 Å². The maximum atomic E-state index is 13.2. The summed E-state index contributed by atoms with van der Waals surface area (Å²) in [6.07, 6.45) is 0. The summed E-state index contributed by atoms with van der Waals surface area (Å²) in [5.41, 5.74) is 4.19. The molecule has 0 aliphatic heterocycles. The average molecular weight is 328 g/mol. The van der Waals surface area contributed by atoms with Crippen molar-refractivity contribution in [3.8, 4) is 0 Å². The van der Waals surface area contributed by atoms with Gasteiger partial charge in [-0.25, -0.2) is 17.5 Å². The van der Waals surface area contributed by atoms with E-state index in [2.05, 4.69) is 4.72 Å². The largest absolute Gasteiger partial charge is 0.324 e. The van der Waals surface area contributed by atoms with Crippen LogP contribution < -0.4 is 10.5 Å². The average Bonchev–Trinajstić information content (AvgIpc) is 2.25. The molecule has 0 saturated carbocycles. The van der Waals surface area contributed by atoms with Crippen molar-refractivity contribution in [2.24, 2.45) is 5.73 Å². The monoisotopic (exact) mass is 327 g/mol. The van der Waals surface area contributed by atoms with Gasteiger partial charge in [0, 0.05) is 18.2 Å². The molecule has 0 spiro atoms. The molecule has 0 aromatic heterocycles. The number of nitro benzene ring substituents is 1. The van der Waals surface area contributed by atoms with E-state index >= 15 is 0 Å². The predicted molar refractivity (Wildman–Crippen MR) is 73.8 cm³/mol. The first-order valence-electron chi connectivity index (χ1n) is 5.25. The lowest BCUT2D eigenvalue weighted by Crippen LogP contribution is -2.45. The fourth-order valence-electron chi connectivity index (χ4n) is 1.17. The van der Waals surface area contributed by atoms with E-state index in [1.165, 1.54) is 0 Å². The molecule has 0 heterocycles. The van der Waals surface area contributed by atoms with E-state index in [9.17, 15) is 22.9 Å². The number of nitro groups is 1. The van der Waals surface area contributed by atoms with E-state index in [0.717, 1.165) is 6.07 Å². The van der Waals surface area contributed by atoms with Crippen LogP contribution in [0.4, 0.5) is 10.1 Å². The Morgan fingerprint density at radius 3 is 2.40 bits per heavy atom. The molecule has 0 fully saturated rings. The van der Waals surface area contributed by atoms with Crippen molar-refractivity contribution >= 4 is 28.1 Å². The van der Waals surface area contributed by atoms with Crippen molar-refractivity contribution in [1.29, 1.82) is 0 Å².